The molecule has 2 rings (SSSR count). The molecule has 1 unspecified atom stereocenters. The van der Waals surface area contributed by atoms with Crippen molar-refractivity contribution in [3.05, 3.63) is 29.8 Å². The molecule has 88 valence electrons. The maximum absolute atomic E-state index is 14.2. The second-order valence-corrected chi connectivity index (χ2v) is 6.52. The smallest absolute Gasteiger partial charge is 0.153 e. The van der Waals surface area contributed by atoms with Crippen LogP contribution in [0.2, 0.25) is 0 Å². The number of benzene rings is 1. The lowest BCUT2D eigenvalue weighted by Gasteiger charge is -2.17. The SMILES string of the molecule is O=S1(=O)CCC(F)(Cc2cccc(O)c2)C1. The minimum atomic E-state index is -3.22. The van der Waals surface area contributed by atoms with Crippen molar-refractivity contribution in [1.82, 2.24) is 0 Å². The zero-order chi connectivity index (χ0) is 11.8. The fourth-order valence-electron chi connectivity index (χ4n) is 2.05. The molecular formula is C11H13FO3S. The summed E-state index contributed by atoms with van der Waals surface area (Å²) >= 11 is 0. The van der Waals surface area contributed by atoms with Gasteiger partial charge in [-0.05, 0) is 24.1 Å². The zero-order valence-corrected chi connectivity index (χ0v) is 9.50. The topological polar surface area (TPSA) is 54.4 Å². The second kappa shape index (κ2) is 3.73. The molecule has 1 saturated heterocycles. The average molecular weight is 244 g/mol. The average Bonchev–Trinajstić information content (AvgIpc) is 2.40. The van der Waals surface area contributed by atoms with Crippen LogP contribution in [-0.2, 0) is 16.3 Å². The largest absolute Gasteiger partial charge is 0.508 e. The molecule has 0 aromatic heterocycles. The van der Waals surface area contributed by atoms with Crippen molar-refractivity contribution >= 4 is 9.84 Å². The molecule has 1 aliphatic heterocycles. The number of phenols is 1. The first kappa shape index (κ1) is 11.4. The Hall–Kier alpha value is -1.10. The second-order valence-electron chi connectivity index (χ2n) is 4.34. The lowest BCUT2D eigenvalue weighted by molar-refractivity contribution is 0.198. The van der Waals surface area contributed by atoms with Crippen LogP contribution in [0, 0.1) is 0 Å². The van der Waals surface area contributed by atoms with E-state index < -0.39 is 21.3 Å². The summed E-state index contributed by atoms with van der Waals surface area (Å²) in [6, 6.07) is 6.27. The number of phenolic OH excluding ortho intramolecular Hbond substituents is 1. The highest BCUT2D eigenvalue weighted by Crippen LogP contribution is 2.31. The van der Waals surface area contributed by atoms with Gasteiger partial charge in [0.05, 0.1) is 11.5 Å². The van der Waals surface area contributed by atoms with Crippen LogP contribution < -0.4 is 0 Å². The van der Waals surface area contributed by atoms with Gasteiger partial charge >= 0.3 is 0 Å². The molecule has 1 aromatic carbocycles. The van der Waals surface area contributed by atoms with Gasteiger partial charge in [-0.2, -0.15) is 0 Å². The number of sulfone groups is 1. The molecule has 5 heteroatoms. The van der Waals surface area contributed by atoms with E-state index in [1.165, 1.54) is 12.1 Å². The number of alkyl halides is 1. The Kier molecular flexibility index (Phi) is 2.66. The molecule has 1 heterocycles. The van der Waals surface area contributed by atoms with E-state index in [1.807, 2.05) is 0 Å². The normalized spacial score (nSPS) is 28.1. The molecule has 0 spiro atoms. The van der Waals surface area contributed by atoms with E-state index in [-0.39, 0.29) is 24.3 Å². The Labute approximate surface area is 93.8 Å². The summed E-state index contributed by atoms with van der Waals surface area (Å²) in [5.74, 6) is -0.417. The summed E-state index contributed by atoms with van der Waals surface area (Å²) in [4.78, 5) is 0. The Bertz CT molecular complexity index is 498. The molecule has 0 saturated carbocycles. The fourth-order valence-corrected chi connectivity index (χ4v) is 3.90. The highest BCUT2D eigenvalue weighted by molar-refractivity contribution is 7.91. The van der Waals surface area contributed by atoms with Crippen molar-refractivity contribution in [3.63, 3.8) is 0 Å². The lowest BCUT2D eigenvalue weighted by atomic mass is 9.96. The Morgan fingerprint density at radius 1 is 1.44 bits per heavy atom. The van der Waals surface area contributed by atoms with Crippen LogP contribution in [0.5, 0.6) is 5.75 Å². The third-order valence-corrected chi connectivity index (χ3v) is 4.55. The molecule has 0 aliphatic carbocycles. The van der Waals surface area contributed by atoms with Crippen LogP contribution in [-0.4, -0.2) is 30.7 Å². The maximum atomic E-state index is 14.2. The van der Waals surface area contributed by atoms with Gasteiger partial charge in [-0.25, -0.2) is 12.8 Å². The van der Waals surface area contributed by atoms with Crippen molar-refractivity contribution in [2.75, 3.05) is 11.5 Å². The van der Waals surface area contributed by atoms with Crippen LogP contribution in [0.1, 0.15) is 12.0 Å². The van der Waals surface area contributed by atoms with Crippen LogP contribution in [0.4, 0.5) is 4.39 Å². The maximum Gasteiger partial charge on any atom is 0.153 e. The van der Waals surface area contributed by atoms with Gasteiger partial charge in [0.15, 0.2) is 9.84 Å². The van der Waals surface area contributed by atoms with Gasteiger partial charge < -0.3 is 5.11 Å². The van der Waals surface area contributed by atoms with Gasteiger partial charge in [-0.15, -0.1) is 0 Å². The molecule has 1 aromatic rings. The van der Waals surface area contributed by atoms with Crippen molar-refractivity contribution in [1.29, 1.82) is 0 Å². The number of hydrogen-bond acceptors (Lipinski definition) is 3. The van der Waals surface area contributed by atoms with E-state index in [1.54, 1.807) is 12.1 Å². The van der Waals surface area contributed by atoms with Crippen molar-refractivity contribution in [2.45, 2.75) is 18.5 Å². The van der Waals surface area contributed by atoms with Gasteiger partial charge in [0.2, 0.25) is 0 Å². The Balaban J connectivity index is 2.16. The summed E-state index contributed by atoms with van der Waals surface area (Å²) < 4.78 is 36.6. The minimum Gasteiger partial charge on any atom is -0.508 e. The van der Waals surface area contributed by atoms with Crippen molar-refractivity contribution in [2.24, 2.45) is 0 Å². The predicted molar refractivity (Wildman–Crippen MR) is 58.9 cm³/mol. The first-order chi connectivity index (χ1) is 7.39. The number of aromatic hydroxyl groups is 1. The predicted octanol–water partition coefficient (Wildman–Crippen LogP) is 1.46. The molecular weight excluding hydrogens is 231 g/mol. The van der Waals surface area contributed by atoms with Crippen LogP contribution in [0.15, 0.2) is 24.3 Å². The van der Waals surface area contributed by atoms with Gasteiger partial charge in [-0.1, -0.05) is 12.1 Å². The number of hydrogen-bond donors (Lipinski definition) is 1. The van der Waals surface area contributed by atoms with Gasteiger partial charge in [-0.3, -0.25) is 0 Å². The first-order valence-electron chi connectivity index (χ1n) is 5.06. The number of halogens is 1. The van der Waals surface area contributed by atoms with Crippen LogP contribution in [0.3, 0.4) is 0 Å². The third kappa shape index (κ3) is 2.52. The van der Waals surface area contributed by atoms with E-state index in [4.69, 9.17) is 0 Å². The standard InChI is InChI=1S/C11H13FO3S/c12-11(4-5-16(14,15)8-11)7-9-2-1-3-10(13)6-9/h1-3,6,13H,4-5,7-8H2. The lowest BCUT2D eigenvalue weighted by Crippen LogP contribution is -2.27. The van der Waals surface area contributed by atoms with Gasteiger partial charge in [0.1, 0.15) is 11.4 Å². The fraction of sp³-hybridized carbons (Fsp3) is 0.455. The molecule has 1 N–H and O–H groups in total. The van der Waals surface area contributed by atoms with Crippen LogP contribution in [0.25, 0.3) is 0 Å². The highest BCUT2D eigenvalue weighted by Gasteiger charge is 2.42. The van der Waals surface area contributed by atoms with Crippen molar-refractivity contribution in [3.8, 4) is 5.75 Å². The molecule has 1 aliphatic rings. The monoisotopic (exact) mass is 244 g/mol. The third-order valence-electron chi connectivity index (χ3n) is 2.77. The van der Waals surface area contributed by atoms with E-state index in [0.717, 1.165) is 0 Å². The Morgan fingerprint density at radius 2 is 2.19 bits per heavy atom. The van der Waals surface area contributed by atoms with Crippen LogP contribution >= 0.6 is 0 Å². The molecule has 16 heavy (non-hydrogen) atoms. The molecule has 0 amide bonds. The minimum absolute atomic E-state index is 0.0423. The zero-order valence-electron chi connectivity index (χ0n) is 8.69. The molecule has 1 fully saturated rings. The van der Waals surface area contributed by atoms with Gasteiger partial charge in [0, 0.05) is 6.42 Å². The van der Waals surface area contributed by atoms with Gasteiger partial charge in [0.25, 0.3) is 0 Å². The first-order valence-corrected chi connectivity index (χ1v) is 6.88. The molecule has 0 bridgehead atoms. The van der Waals surface area contributed by atoms with E-state index in [0.29, 0.717) is 5.56 Å². The molecule has 1 atom stereocenters. The van der Waals surface area contributed by atoms with E-state index >= 15 is 0 Å². The highest BCUT2D eigenvalue weighted by atomic mass is 32.2. The van der Waals surface area contributed by atoms with E-state index in [2.05, 4.69) is 0 Å². The summed E-state index contributed by atoms with van der Waals surface area (Å²) in [5.41, 5.74) is -1.05. The number of rotatable bonds is 2. The summed E-state index contributed by atoms with van der Waals surface area (Å²) in [5, 5.41) is 9.23. The molecule has 3 nitrogen and oxygen atoms in total. The van der Waals surface area contributed by atoms with E-state index in [9.17, 15) is 17.9 Å². The summed E-state index contributed by atoms with van der Waals surface area (Å²) in [7, 11) is -3.22. The van der Waals surface area contributed by atoms with Crippen molar-refractivity contribution < 1.29 is 17.9 Å². The summed E-state index contributed by atoms with van der Waals surface area (Å²) in [6.45, 7) is 0. The Morgan fingerprint density at radius 3 is 2.75 bits per heavy atom. The quantitative estimate of drug-likeness (QED) is 0.857. The molecule has 0 radical (unpaired) electrons. The summed E-state index contributed by atoms with van der Waals surface area (Å²) in [6.07, 6.45) is 0.0889.